The van der Waals surface area contributed by atoms with Crippen molar-refractivity contribution in [1.29, 1.82) is 0 Å². The molecule has 1 heterocycles. The van der Waals surface area contributed by atoms with Crippen molar-refractivity contribution in [3.8, 4) is 11.5 Å². The molecule has 0 aliphatic carbocycles. The van der Waals surface area contributed by atoms with Gasteiger partial charge in [0.15, 0.2) is 11.5 Å². The Hall–Kier alpha value is -2.14. The fourth-order valence-corrected chi connectivity index (χ4v) is 2.43. The topological polar surface area (TPSA) is 51.9 Å². The van der Waals surface area contributed by atoms with Crippen LogP contribution in [0, 0.1) is 6.92 Å². The monoisotopic (exact) mass is 337 g/mol. The third kappa shape index (κ3) is 4.66. The summed E-state index contributed by atoms with van der Waals surface area (Å²) in [6, 6.07) is 9.39. The van der Waals surface area contributed by atoms with Gasteiger partial charge in [0.05, 0.1) is 20.8 Å². The largest absolute Gasteiger partial charge is 0.493 e. The number of carbonyl (C=O) groups is 1. The van der Waals surface area contributed by atoms with Crippen LogP contribution < -0.4 is 9.47 Å². The minimum Gasteiger partial charge on any atom is -0.493 e. The molecule has 1 aromatic heterocycles. The Kier molecular flexibility index (Phi) is 5.93. The Bertz CT molecular complexity index is 668. The van der Waals surface area contributed by atoms with E-state index in [0.29, 0.717) is 36.8 Å². The molecule has 0 aliphatic rings. The Morgan fingerprint density at radius 3 is 2.48 bits per heavy atom. The number of benzene rings is 1. The average molecular weight is 338 g/mol. The van der Waals surface area contributed by atoms with Gasteiger partial charge in [-0.3, -0.25) is 4.79 Å². The number of amides is 1. The van der Waals surface area contributed by atoms with E-state index in [1.165, 1.54) is 4.90 Å². The molecule has 2 rings (SSSR count). The second-order valence-electron chi connectivity index (χ2n) is 5.13. The summed E-state index contributed by atoms with van der Waals surface area (Å²) in [5.74, 6) is 2.86. The fraction of sp³-hybridized carbons (Fsp3) is 0.353. The second kappa shape index (κ2) is 7.92. The minimum absolute atomic E-state index is 0.351. The highest BCUT2D eigenvalue weighted by atomic mass is 35.5. The van der Waals surface area contributed by atoms with E-state index in [-0.39, 0.29) is 0 Å². The lowest BCUT2D eigenvalue weighted by molar-refractivity contribution is 0.214. The molecule has 0 aliphatic heterocycles. The molecule has 0 atom stereocenters. The number of carbonyl (C=O) groups excluding carboxylic acids is 1. The first-order valence-corrected chi connectivity index (χ1v) is 7.62. The molecule has 23 heavy (non-hydrogen) atoms. The summed E-state index contributed by atoms with van der Waals surface area (Å²) in [5.41, 5.74) is 1.03. The van der Waals surface area contributed by atoms with E-state index in [0.717, 1.165) is 11.3 Å². The SMILES string of the molecule is COc1ccc(CCN(Cc2ccc(C)o2)C(=O)Cl)cc1OC. The van der Waals surface area contributed by atoms with E-state index in [1.54, 1.807) is 14.2 Å². The van der Waals surface area contributed by atoms with E-state index in [2.05, 4.69) is 0 Å². The van der Waals surface area contributed by atoms with Crippen LogP contribution in [0.15, 0.2) is 34.7 Å². The maximum absolute atomic E-state index is 11.6. The number of hydrogen-bond acceptors (Lipinski definition) is 4. The lowest BCUT2D eigenvalue weighted by Crippen LogP contribution is -2.27. The van der Waals surface area contributed by atoms with Crippen LogP contribution in [-0.4, -0.2) is 31.0 Å². The summed E-state index contributed by atoms with van der Waals surface area (Å²) in [4.78, 5) is 13.1. The molecule has 124 valence electrons. The molecule has 6 heteroatoms. The smallest absolute Gasteiger partial charge is 0.316 e. The predicted octanol–water partition coefficient (Wildman–Crippen LogP) is 4.01. The van der Waals surface area contributed by atoms with Crippen LogP contribution >= 0.6 is 11.6 Å². The van der Waals surface area contributed by atoms with Crippen LogP contribution in [0.2, 0.25) is 0 Å². The first-order valence-electron chi connectivity index (χ1n) is 7.24. The van der Waals surface area contributed by atoms with Gasteiger partial charge < -0.3 is 18.8 Å². The Morgan fingerprint density at radius 1 is 1.17 bits per heavy atom. The second-order valence-corrected chi connectivity index (χ2v) is 5.45. The maximum Gasteiger partial charge on any atom is 0.316 e. The standard InChI is InChI=1S/C17H20ClNO4/c1-12-4-6-14(23-12)11-19(17(18)20)9-8-13-5-7-15(21-2)16(10-13)22-3/h4-7,10H,8-9,11H2,1-3H3. The molecule has 2 aromatic rings. The van der Waals surface area contributed by atoms with E-state index < -0.39 is 5.37 Å². The Balaban J connectivity index is 2.02. The van der Waals surface area contributed by atoms with Crippen LogP contribution in [0.1, 0.15) is 17.1 Å². The van der Waals surface area contributed by atoms with E-state index in [1.807, 2.05) is 37.3 Å². The number of nitrogens with zero attached hydrogens (tertiary/aromatic N) is 1. The average Bonchev–Trinajstić information content (AvgIpc) is 2.95. The first-order chi connectivity index (χ1) is 11.0. The summed E-state index contributed by atoms with van der Waals surface area (Å²) in [7, 11) is 3.19. The van der Waals surface area contributed by atoms with Gasteiger partial charge in [-0.2, -0.15) is 0 Å². The van der Waals surface area contributed by atoms with Gasteiger partial charge in [-0.15, -0.1) is 0 Å². The van der Waals surface area contributed by atoms with Crippen molar-refractivity contribution in [3.05, 3.63) is 47.4 Å². The minimum atomic E-state index is -0.500. The number of aryl methyl sites for hydroxylation is 1. The molecule has 1 amide bonds. The zero-order valence-electron chi connectivity index (χ0n) is 13.5. The summed E-state index contributed by atoms with van der Waals surface area (Å²) in [6.45, 7) is 2.70. The highest BCUT2D eigenvalue weighted by Gasteiger charge is 2.14. The van der Waals surface area contributed by atoms with Crippen molar-refractivity contribution in [2.24, 2.45) is 0 Å². The molecule has 0 fully saturated rings. The fourth-order valence-electron chi connectivity index (χ4n) is 2.29. The molecule has 0 N–H and O–H groups in total. The van der Waals surface area contributed by atoms with Crippen molar-refractivity contribution in [2.45, 2.75) is 19.9 Å². The molecule has 0 unspecified atom stereocenters. The Labute approximate surface area is 140 Å². The van der Waals surface area contributed by atoms with Crippen molar-refractivity contribution in [3.63, 3.8) is 0 Å². The van der Waals surface area contributed by atoms with Gasteiger partial charge in [-0.1, -0.05) is 6.07 Å². The molecule has 1 aromatic carbocycles. The molecule has 0 spiro atoms. The summed E-state index contributed by atoms with van der Waals surface area (Å²) in [5, 5.41) is -0.500. The van der Waals surface area contributed by atoms with Crippen LogP contribution in [0.3, 0.4) is 0 Å². The zero-order chi connectivity index (χ0) is 16.8. The van der Waals surface area contributed by atoms with Gasteiger partial charge in [-0.25, -0.2) is 0 Å². The number of methoxy groups -OCH3 is 2. The summed E-state index contributed by atoms with van der Waals surface area (Å²) < 4.78 is 16.0. The van der Waals surface area contributed by atoms with E-state index in [4.69, 9.17) is 25.5 Å². The molecule has 0 saturated heterocycles. The van der Waals surface area contributed by atoms with E-state index >= 15 is 0 Å². The van der Waals surface area contributed by atoms with Crippen molar-refractivity contribution in [1.82, 2.24) is 4.90 Å². The maximum atomic E-state index is 11.6. The van der Waals surface area contributed by atoms with Gasteiger partial charge in [0.25, 0.3) is 0 Å². The molecule has 0 radical (unpaired) electrons. The molecule has 0 bridgehead atoms. The van der Waals surface area contributed by atoms with Gasteiger partial charge in [0.1, 0.15) is 11.5 Å². The van der Waals surface area contributed by atoms with Gasteiger partial charge >= 0.3 is 5.37 Å². The van der Waals surface area contributed by atoms with E-state index in [9.17, 15) is 4.79 Å². The third-order valence-electron chi connectivity index (χ3n) is 3.51. The van der Waals surface area contributed by atoms with Gasteiger partial charge in [-0.05, 0) is 54.8 Å². The van der Waals surface area contributed by atoms with Crippen LogP contribution in [0.4, 0.5) is 4.79 Å². The van der Waals surface area contributed by atoms with Crippen LogP contribution in [0.25, 0.3) is 0 Å². The molecular formula is C17H20ClNO4. The van der Waals surface area contributed by atoms with Crippen molar-refractivity contribution >= 4 is 17.0 Å². The van der Waals surface area contributed by atoms with Gasteiger partial charge in [0, 0.05) is 6.54 Å². The Morgan fingerprint density at radius 2 is 1.91 bits per heavy atom. The number of rotatable bonds is 7. The first kappa shape index (κ1) is 17.2. The highest BCUT2D eigenvalue weighted by molar-refractivity contribution is 6.62. The lowest BCUT2D eigenvalue weighted by Gasteiger charge is -2.18. The zero-order valence-corrected chi connectivity index (χ0v) is 14.2. The molecule has 0 saturated carbocycles. The van der Waals surface area contributed by atoms with Crippen LogP contribution in [0.5, 0.6) is 11.5 Å². The normalized spacial score (nSPS) is 10.4. The quantitative estimate of drug-likeness (QED) is 0.566. The van der Waals surface area contributed by atoms with Crippen LogP contribution in [-0.2, 0) is 13.0 Å². The molecule has 5 nitrogen and oxygen atoms in total. The predicted molar refractivity (Wildman–Crippen MR) is 88.4 cm³/mol. The summed E-state index contributed by atoms with van der Waals surface area (Å²) >= 11 is 5.67. The van der Waals surface area contributed by atoms with Crippen molar-refractivity contribution < 1.29 is 18.7 Å². The molecular weight excluding hydrogens is 318 g/mol. The number of ether oxygens (including phenoxy) is 2. The highest BCUT2D eigenvalue weighted by Crippen LogP contribution is 2.27. The van der Waals surface area contributed by atoms with Gasteiger partial charge in [0.2, 0.25) is 0 Å². The number of halogens is 1. The van der Waals surface area contributed by atoms with Crippen molar-refractivity contribution in [2.75, 3.05) is 20.8 Å². The number of hydrogen-bond donors (Lipinski definition) is 0. The lowest BCUT2D eigenvalue weighted by atomic mass is 10.1. The number of furan rings is 1. The summed E-state index contributed by atoms with van der Waals surface area (Å²) in [6.07, 6.45) is 0.651. The third-order valence-corrected chi connectivity index (χ3v) is 3.75.